The van der Waals surface area contributed by atoms with Gasteiger partial charge in [0.15, 0.2) is 0 Å². The van der Waals surface area contributed by atoms with E-state index in [-0.39, 0.29) is 24.0 Å². The first-order valence-corrected chi connectivity index (χ1v) is 10.6. The molecule has 2 rings (SSSR count). The van der Waals surface area contributed by atoms with Crippen molar-refractivity contribution in [3.05, 3.63) is 33.8 Å². The van der Waals surface area contributed by atoms with E-state index in [1.807, 2.05) is 32.9 Å². The van der Waals surface area contributed by atoms with Crippen LogP contribution in [0.15, 0.2) is 18.2 Å². The van der Waals surface area contributed by atoms with E-state index in [0.29, 0.717) is 36.3 Å². The third-order valence-corrected chi connectivity index (χ3v) is 5.36. The predicted octanol–water partition coefficient (Wildman–Crippen LogP) is 4.63. The van der Waals surface area contributed by atoms with Crippen LogP contribution in [0.2, 0.25) is 10.0 Å². The van der Waals surface area contributed by atoms with Crippen LogP contribution in [0.1, 0.15) is 52.0 Å². The maximum atomic E-state index is 12.7. The Kier molecular flexibility index (Phi) is 8.61. The summed E-state index contributed by atoms with van der Waals surface area (Å²) in [6.07, 6.45) is 1.04. The van der Waals surface area contributed by atoms with Crippen molar-refractivity contribution in [1.29, 1.82) is 0 Å². The standard InChI is InChI=1S/C21H30Cl2N2O4/c1-14(26)24-9-5-6-19-16(15-7-8-17(22)18(23)12-15)13-25(10-11-28-19)20(27)29-21(2,3)4/h7-8,12,16,19H,5-6,9-11,13H2,1-4H3,(H,24,26)/t16-,19-/m1/s1. The fraction of sp³-hybridized carbons (Fsp3) is 0.619. The van der Waals surface area contributed by atoms with Crippen LogP contribution in [0.25, 0.3) is 0 Å². The van der Waals surface area contributed by atoms with E-state index in [1.165, 1.54) is 6.92 Å². The lowest BCUT2D eigenvalue weighted by atomic mass is 9.90. The van der Waals surface area contributed by atoms with Crippen LogP contribution in [-0.2, 0) is 14.3 Å². The van der Waals surface area contributed by atoms with Crippen molar-refractivity contribution in [3.63, 3.8) is 0 Å². The highest BCUT2D eigenvalue weighted by Gasteiger charge is 2.33. The van der Waals surface area contributed by atoms with Gasteiger partial charge < -0.3 is 19.7 Å². The monoisotopic (exact) mass is 444 g/mol. The first kappa shape index (κ1) is 23.8. The van der Waals surface area contributed by atoms with Crippen molar-refractivity contribution in [2.24, 2.45) is 0 Å². The number of rotatable bonds is 5. The summed E-state index contributed by atoms with van der Waals surface area (Å²) in [7, 11) is 0. The second-order valence-corrected chi connectivity index (χ2v) is 9.06. The van der Waals surface area contributed by atoms with E-state index in [2.05, 4.69) is 5.32 Å². The third kappa shape index (κ3) is 7.68. The van der Waals surface area contributed by atoms with Gasteiger partial charge in [-0.3, -0.25) is 4.79 Å². The Labute approximate surface area is 182 Å². The Balaban J connectivity index is 2.19. The molecule has 1 aromatic rings. The molecule has 0 radical (unpaired) electrons. The highest BCUT2D eigenvalue weighted by atomic mass is 35.5. The van der Waals surface area contributed by atoms with E-state index in [0.717, 1.165) is 18.4 Å². The Hall–Kier alpha value is -1.50. The van der Waals surface area contributed by atoms with Crippen molar-refractivity contribution in [3.8, 4) is 0 Å². The summed E-state index contributed by atoms with van der Waals surface area (Å²) in [6, 6.07) is 5.51. The highest BCUT2D eigenvalue weighted by molar-refractivity contribution is 6.42. The molecule has 6 nitrogen and oxygen atoms in total. The SMILES string of the molecule is CC(=O)NCCC[C@H]1OCCN(C(=O)OC(C)(C)C)C[C@@H]1c1ccc(Cl)c(Cl)c1. The second kappa shape index (κ2) is 10.5. The molecule has 0 unspecified atom stereocenters. The van der Waals surface area contributed by atoms with Crippen molar-refractivity contribution < 1.29 is 19.1 Å². The topological polar surface area (TPSA) is 67.9 Å². The van der Waals surface area contributed by atoms with E-state index in [9.17, 15) is 9.59 Å². The first-order chi connectivity index (χ1) is 13.6. The molecule has 162 valence electrons. The number of ether oxygens (including phenoxy) is 2. The summed E-state index contributed by atoms with van der Waals surface area (Å²) in [5.41, 5.74) is 0.389. The van der Waals surface area contributed by atoms with E-state index >= 15 is 0 Å². The molecule has 29 heavy (non-hydrogen) atoms. The molecule has 0 aromatic heterocycles. The zero-order valence-electron chi connectivity index (χ0n) is 17.5. The van der Waals surface area contributed by atoms with Crippen LogP contribution in [0.5, 0.6) is 0 Å². The van der Waals surface area contributed by atoms with Crippen LogP contribution in [0, 0.1) is 0 Å². The number of halogens is 2. The molecule has 1 aliphatic heterocycles. The molecule has 1 aromatic carbocycles. The number of nitrogens with one attached hydrogen (secondary N) is 1. The number of hydrogen-bond donors (Lipinski definition) is 1. The maximum absolute atomic E-state index is 12.7. The summed E-state index contributed by atoms with van der Waals surface area (Å²) in [5, 5.41) is 3.76. The molecular formula is C21H30Cl2N2O4. The summed E-state index contributed by atoms with van der Waals surface area (Å²) < 4.78 is 11.7. The summed E-state index contributed by atoms with van der Waals surface area (Å²) >= 11 is 12.3. The van der Waals surface area contributed by atoms with Gasteiger partial charge in [0, 0.05) is 32.5 Å². The van der Waals surface area contributed by atoms with Gasteiger partial charge in [0.1, 0.15) is 5.60 Å². The van der Waals surface area contributed by atoms with Gasteiger partial charge in [-0.1, -0.05) is 29.3 Å². The first-order valence-electron chi connectivity index (χ1n) is 9.85. The van der Waals surface area contributed by atoms with Gasteiger partial charge >= 0.3 is 6.09 Å². The van der Waals surface area contributed by atoms with Crippen LogP contribution in [0.4, 0.5) is 4.79 Å². The van der Waals surface area contributed by atoms with Crippen molar-refractivity contribution >= 4 is 35.2 Å². The lowest BCUT2D eigenvalue weighted by molar-refractivity contribution is -0.119. The fourth-order valence-electron chi connectivity index (χ4n) is 3.28. The quantitative estimate of drug-likeness (QED) is 0.672. The van der Waals surface area contributed by atoms with Crippen molar-refractivity contribution in [2.45, 2.75) is 58.2 Å². The highest BCUT2D eigenvalue weighted by Crippen LogP contribution is 2.33. The molecule has 1 N–H and O–H groups in total. The molecule has 1 aliphatic rings. The number of carbonyl (C=O) groups is 2. The number of nitrogens with zero attached hydrogens (tertiary/aromatic N) is 1. The summed E-state index contributed by atoms with van der Waals surface area (Å²) in [4.78, 5) is 25.5. The number of carbonyl (C=O) groups excluding carboxylic acids is 2. The zero-order valence-corrected chi connectivity index (χ0v) is 19.0. The normalized spacial score (nSPS) is 20.1. The molecule has 2 atom stereocenters. The third-order valence-electron chi connectivity index (χ3n) is 4.62. The van der Waals surface area contributed by atoms with E-state index in [4.69, 9.17) is 32.7 Å². The van der Waals surface area contributed by atoms with E-state index < -0.39 is 5.60 Å². The molecular weight excluding hydrogens is 415 g/mol. The molecule has 0 saturated carbocycles. The minimum absolute atomic E-state index is 0.0519. The Morgan fingerprint density at radius 2 is 2.00 bits per heavy atom. The Morgan fingerprint density at radius 1 is 1.28 bits per heavy atom. The number of benzene rings is 1. The van der Waals surface area contributed by atoms with Gasteiger partial charge in [-0.2, -0.15) is 0 Å². The molecule has 0 spiro atoms. The van der Waals surface area contributed by atoms with Gasteiger partial charge in [0.05, 0.1) is 22.8 Å². The van der Waals surface area contributed by atoms with Crippen LogP contribution in [0.3, 0.4) is 0 Å². The van der Waals surface area contributed by atoms with Crippen molar-refractivity contribution in [2.75, 3.05) is 26.2 Å². The molecule has 2 amide bonds. The predicted molar refractivity (Wildman–Crippen MR) is 115 cm³/mol. The maximum Gasteiger partial charge on any atom is 0.410 e. The summed E-state index contributed by atoms with van der Waals surface area (Å²) in [5.74, 6) is -0.138. The average molecular weight is 445 g/mol. The minimum atomic E-state index is -0.568. The molecule has 0 bridgehead atoms. The summed E-state index contributed by atoms with van der Waals surface area (Å²) in [6.45, 7) is 8.95. The average Bonchev–Trinajstić information content (AvgIpc) is 2.82. The molecule has 1 fully saturated rings. The van der Waals surface area contributed by atoms with E-state index in [1.54, 1.807) is 11.0 Å². The second-order valence-electron chi connectivity index (χ2n) is 8.24. The lowest BCUT2D eigenvalue weighted by Crippen LogP contribution is -2.40. The molecule has 1 saturated heterocycles. The molecule has 0 aliphatic carbocycles. The van der Waals surface area contributed by atoms with Crippen LogP contribution < -0.4 is 5.32 Å². The van der Waals surface area contributed by atoms with Crippen LogP contribution >= 0.6 is 23.2 Å². The van der Waals surface area contributed by atoms with Crippen LogP contribution in [-0.4, -0.2) is 54.8 Å². The van der Waals surface area contributed by atoms with Gasteiger partial charge in [-0.25, -0.2) is 4.79 Å². The Morgan fingerprint density at radius 3 is 2.62 bits per heavy atom. The fourth-order valence-corrected chi connectivity index (χ4v) is 3.59. The minimum Gasteiger partial charge on any atom is -0.444 e. The lowest BCUT2D eigenvalue weighted by Gasteiger charge is -2.30. The van der Waals surface area contributed by atoms with Gasteiger partial charge in [-0.15, -0.1) is 0 Å². The zero-order chi connectivity index (χ0) is 21.6. The molecule has 8 heteroatoms. The van der Waals surface area contributed by atoms with Gasteiger partial charge in [0.25, 0.3) is 0 Å². The number of hydrogen-bond acceptors (Lipinski definition) is 4. The van der Waals surface area contributed by atoms with Gasteiger partial charge in [-0.05, 0) is 51.3 Å². The smallest absolute Gasteiger partial charge is 0.410 e. The number of amides is 2. The largest absolute Gasteiger partial charge is 0.444 e. The van der Waals surface area contributed by atoms with Gasteiger partial charge in [0.2, 0.25) is 5.91 Å². The molecule has 1 heterocycles. The van der Waals surface area contributed by atoms with Crippen molar-refractivity contribution in [1.82, 2.24) is 10.2 Å². The Bertz CT molecular complexity index is 721.